The summed E-state index contributed by atoms with van der Waals surface area (Å²) in [7, 11) is 1.60. The van der Waals surface area contributed by atoms with Crippen LogP contribution in [0.2, 0.25) is 0 Å². The molecule has 4 nitrogen and oxygen atoms in total. The van der Waals surface area contributed by atoms with E-state index in [1.54, 1.807) is 21.0 Å². The molecule has 0 heterocycles. The molecule has 1 unspecified atom stereocenters. The van der Waals surface area contributed by atoms with Crippen LogP contribution in [0.1, 0.15) is 13.8 Å². The van der Waals surface area contributed by atoms with Crippen molar-refractivity contribution in [3.05, 3.63) is 0 Å². The first-order chi connectivity index (χ1) is 6.72. The van der Waals surface area contributed by atoms with Crippen molar-refractivity contribution >= 4 is 5.91 Å². The number of rotatable bonds is 6. The maximum absolute atomic E-state index is 11.3. The molecule has 0 rings (SSSR count). The molecule has 14 heavy (non-hydrogen) atoms. The summed E-state index contributed by atoms with van der Waals surface area (Å²) in [6.07, 6.45) is 0. The third-order valence-electron chi connectivity index (χ3n) is 1.67. The highest BCUT2D eigenvalue weighted by molar-refractivity contribution is 5.81. The summed E-state index contributed by atoms with van der Waals surface area (Å²) >= 11 is 0. The quantitative estimate of drug-likeness (QED) is 0.457. The molecule has 0 aromatic rings. The Morgan fingerprint density at radius 1 is 1.57 bits per heavy atom. The molecule has 0 bridgehead atoms. The van der Waals surface area contributed by atoms with Gasteiger partial charge < -0.3 is 10.1 Å². The van der Waals surface area contributed by atoms with Gasteiger partial charge in [0.15, 0.2) is 0 Å². The molecule has 0 saturated heterocycles. The molecule has 80 valence electrons. The zero-order valence-electron chi connectivity index (χ0n) is 9.02. The Balaban J connectivity index is 3.57. The average Bonchev–Trinajstić information content (AvgIpc) is 2.18. The summed E-state index contributed by atoms with van der Waals surface area (Å²) in [5, 5.41) is 5.72. The van der Waals surface area contributed by atoms with Crippen molar-refractivity contribution in [1.29, 1.82) is 0 Å². The number of hydrogen-bond acceptors (Lipinski definition) is 3. The van der Waals surface area contributed by atoms with Gasteiger partial charge in [-0.15, -0.1) is 5.92 Å². The Morgan fingerprint density at radius 3 is 2.86 bits per heavy atom. The van der Waals surface area contributed by atoms with Gasteiger partial charge in [-0.25, -0.2) is 0 Å². The zero-order chi connectivity index (χ0) is 10.8. The van der Waals surface area contributed by atoms with Crippen LogP contribution in [0.4, 0.5) is 0 Å². The van der Waals surface area contributed by atoms with Gasteiger partial charge in [-0.1, -0.05) is 5.92 Å². The Labute approximate surface area is 85.4 Å². The van der Waals surface area contributed by atoms with Gasteiger partial charge in [0.05, 0.1) is 19.2 Å². The van der Waals surface area contributed by atoms with E-state index in [9.17, 15) is 4.79 Å². The molecular weight excluding hydrogens is 180 g/mol. The van der Waals surface area contributed by atoms with Gasteiger partial charge in [0, 0.05) is 13.7 Å². The molecule has 0 spiro atoms. The van der Waals surface area contributed by atoms with Crippen molar-refractivity contribution in [2.24, 2.45) is 0 Å². The zero-order valence-corrected chi connectivity index (χ0v) is 9.02. The highest BCUT2D eigenvalue weighted by Gasteiger charge is 2.09. The first-order valence-electron chi connectivity index (χ1n) is 4.62. The van der Waals surface area contributed by atoms with E-state index in [0.717, 1.165) is 0 Å². The minimum atomic E-state index is -0.215. The van der Waals surface area contributed by atoms with E-state index in [4.69, 9.17) is 4.74 Å². The third kappa shape index (κ3) is 6.46. The molecule has 0 aliphatic carbocycles. The van der Waals surface area contributed by atoms with Crippen LogP contribution in [0.3, 0.4) is 0 Å². The van der Waals surface area contributed by atoms with Crippen LogP contribution in [0, 0.1) is 11.8 Å². The number of carbonyl (C=O) groups excluding carboxylic acids is 1. The first-order valence-corrected chi connectivity index (χ1v) is 4.62. The summed E-state index contributed by atoms with van der Waals surface area (Å²) in [6, 6.07) is -0.215. The van der Waals surface area contributed by atoms with Gasteiger partial charge >= 0.3 is 0 Å². The summed E-state index contributed by atoms with van der Waals surface area (Å²) in [5.74, 6) is 5.56. The van der Waals surface area contributed by atoms with E-state index in [-0.39, 0.29) is 11.9 Å². The van der Waals surface area contributed by atoms with Crippen molar-refractivity contribution in [2.75, 3.05) is 26.8 Å². The van der Waals surface area contributed by atoms with Crippen molar-refractivity contribution in [3.63, 3.8) is 0 Å². The molecule has 1 atom stereocenters. The smallest absolute Gasteiger partial charge is 0.236 e. The van der Waals surface area contributed by atoms with Gasteiger partial charge in [0.25, 0.3) is 0 Å². The molecule has 4 heteroatoms. The highest BCUT2D eigenvalue weighted by atomic mass is 16.5. The highest BCUT2D eigenvalue weighted by Crippen LogP contribution is 1.80. The summed E-state index contributed by atoms with van der Waals surface area (Å²) < 4.78 is 4.81. The molecule has 0 aromatic carbocycles. The molecule has 2 N–H and O–H groups in total. The molecular formula is C10H18N2O2. The van der Waals surface area contributed by atoms with Gasteiger partial charge in [0.2, 0.25) is 5.91 Å². The van der Waals surface area contributed by atoms with E-state index in [2.05, 4.69) is 22.5 Å². The summed E-state index contributed by atoms with van der Waals surface area (Å²) in [5.41, 5.74) is 0. The van der Waals surface area contributed by atoms with Gasteiger partial charge in [-0.05, 0) is 13.8 Å². The van der Waals surface area contributed by atoms with Crippen LogP contribution in [-0.4, -0.2) is 38.8 Å². The Morgan fingerprint density at radius 2 is 2.29 bits per heavy atom. The largest absolute Gasteiger partial charge is 0.383 e. The maximum atomic E-state index is 11.3. The third-order valence-corrected chi connectivity index (χ3v) is 1.67. The maximum Gasteiger partial charge on any atom is 0.236 e. The van der Waals surface area contributed by atoms with Crippen molar-refractivity contribution in [1.82, 2.24) is 10.6 Å². The van der Waals surface area contributed by atoms with Crippen LogP contribution in [-0.2, 0) is 9.53 Å². The molecule has 1 amide bonds. The fraction of sp³-hybridized carbons (Fsp3) is 0.700. The molecule has 0 aromatic heterocycles. The van der Waals surface area contributed by atoms with Crippen LogP contribution in [0.15, 0.2) is 0 Å². The second kappa shape index (κ2) is 8.54. The number of nitrogens with one attached hydrogen (secondary N) is 2. The molecule has 0 saturated carbocycles. The van der Waals surface area contributed by atoms with Gasteiger partial charge in [-0.2, -0.15) is 0 Å². The molecule has 0 aliphatic rings. The lowest BCUT2D eigenvalue weighted by Gasteiger charge is -2.11. The Hall–Kier alpha value is -1.05. The van der Waals surface area contributed by atoms with Crippen LogP contribution >= 0.6 is 0 Å². The lowest BCUT2D eigenvalue weighted by molar-refractivity contribution is -0.122. The number of ether oxygens (including phenoxy) is 1. The van der Waals surface area contributed by atoms with Crippen molar-refractivity contribution < 1.29 is 9.53 Å². The SMILES string of the molecule is CC#CCNC(C)C(=O)NCCOC. The topological polar surface area (TPSA) is 50.4 Å². The van der Waals surface area contributed by atoms with Gasteiger partial charge in [-0.3, -0.25) is 10.1 Å². The second-order valence-electron chi connectivity index (χ2n) is 2.81. The van der Waals surface area contributed by atoms with Crippen LogP contribution in [0.5, 0.6) is 0 Å². The van der Waals surface area contributed by atoms with Crippen LogP contribution < -0.4 is 10.6 Å². The van der Waals surface area contributed by atoms with E-state index >= 15 is 0 Å². The number of amides is 1. The monoisotopic (exact) mass is 198 g/mol. The average molecular weight is 198 g/mol. The number of carbonyl (C=O) groups is 1. The van der Waals surface area contributed by atoms with Crippen molar-refractivity contribution in [2.45, 2.75) is 19.9 Å². The molecule has 0 aliphatic heterocycles. The predicted molar refractivity (Wildman–Crippen MR) is 55.8 cm³/mol. The summed E-state index contributed by atoms with van der Waals surface area (Å²) in [6.45, 7) is 5.19. The fourth-order valence-corrected chi connectivity index (χ4v) is 0.815. The van der Waals surface area contributed by atoms with E-state index in [1.165, 1.54) is 0 Å². The fourth-order valence-electron chi connectivity index (χ4n) is 0.815. The number of methoxy groups -OCH3 is 1. The Kier molecular flexibility index (Phi) is 7.90. The van der Waals surface area contributed by atoms with Crippen LogP contribution in [0.25, 0.3) is 0 Å². The Bertz CT molecular complexity index is 218. The second-order valence-corrected chi connectivity index (χ2v) is 2.81. The van der Waals surface area contributed by atoms with Gasteiger partial charge in [0.1, 0.15) is 0 Å². The molecule has 0 fully saturated rings. The predicted octanol–water partition coefficient (Wildman–Crippen LogP) is -0.250. The van der Waals surface area contributed by atoms with E-state index in [0.29, 0.717) is 19.7 Å². The summed E-state index contributed by atoms with van der Waals surface area (Å²) in [4.78, 5) is 11.3. The molecule has 0 radical (unpaired) electrons. The lowest BCUT2D eigenvalue weighted by Crippen LogP contribution is -2.43. The normalized spacial score (nSPS) is 11.4. The van der Waals surface area contributed by atoms with E-state index < -0.39 is 0 Å². The standard InChI is InChI=1S/C10H18N2O2/c1-4-5-6-11-9(2)10(13)12-7-8-14-3/h9,11H,6-8H2,1-3H3,(H,12,13). The minimum absolute atomic E-state index is 0.0278. The van der Waals surface area contributed by atoms with Crippen molar-refractivity contribution in [3.8, 4) is 11.8 Å². The van der Waals surface area contributed by atoms with E-state index in [1.807, 2.05) is 0 Å². The number of hydrogen-bond donors (Lipinski definition) is 2. The minimum Gasteiger partial charge on any atom is -0.383 e. The first kappa shape index (κ1) is 12.9. The lowest BCUT2D eigenvalue weighted by atomic mass is 10.3.